The Kier molecular flexibility index (Phi) is 13.1. The standard InChI is InChI=1S/C26H42N4O6/c1-3-18(2)23-17-35-14-6-7-15-36-20-11-9-19(10-12-20)16-22(24(31)28-23)30-26(34)29-21(25(32)33)8-4-5-13-27/h9-12,18,21-23H,3-8,13-17,27H2,1-2H3,(H,28,31)(H,32,33)(H2,29,30,34)/t18-,21-,22+,23+/m0/s1. The molecule has 2 bridgehead atoms. The molecule has 0 saturated carbocycles. The van der Waals surface area contributed by atoms with Crippen LogP contribution < -0.4 is 26.4 Å². The van der Waals surface area contributed by atoms with Crippen molar-refractivity contribution in [2.45, 2.75) is 76.9 Å². The molecule has 0 aliphatic carbocycles. The molecule has 10 nitrogen and oxygen atoms in total. The topological polar surface area (TPSA) is 152 Å². The van der Waals surface area contributed by atoms with Crippen molar-refractivity contribution in [3.8, 4) is 5.75 Å². The maximum absolute atomic E-state index is 13.3. The number of nitrogens with one attached hydrogen (secondary N) is 3. The number of aliphatic carboxylic acids is 1. The number of rotatable bonds is 9. The molecule has 1 aromatic rings. The Hall–Kier alpha value is -2.85. The number of amides is 3. The molecule has 3 amide bonds. The predicted octanol–water partition coefficient (Wildman–Crippen LogP) is 2.20. The van der Waals surface area contributed by atoms with Crippen molar-refractivity contribution in [2.24, 2.45) is 11.7 Å². The number of benzene rings is 1. The molecular weight excluding hydrogens is 464 g/mol. The van der Waals surface area contributed by atoms with Crippen LogP contribution in [0.2, 0.25) is 0 Å². The largest absolute Gasteiger partial charge is 0.494 e. The third-order valence-electron chi connectivity index (χ3n) is 6.44. The molecule has 2 aliphatic heterocycles. The van der Waals surface area contributed by atoms with E-state index in [1.54, 1.807) is 0 Å². The third kappa shape index (κ3) is 10.4. The van der Waals surface area contributed by atoms with Crippen LogP contribution >= 0.6 is 0 Å². The van der Waals surface area contributed by atoms with Gasteiger partial charge in [-0.3, -0.25) is 4.79 Å². The van der Waals surface area contributed by atoms with E-state index in [2.05, 4.69) is 22.9 Å². The lowest BCUT2D eigenvalue weighted by atomic mass is 9.98. The fourth-order valence-corrected chi connectivity index (χ4v) is 3.90. The molecule has 1 aromatic carbocycles. The van der Waals surface area contributed by atoms with Gasteiger partial charge in [-0.05, 0) is 62.3 Å². The zero-order chi connectivity index (χ0) is 26.3. The Balaban J connectivity index is 2.19. The van der Waals surface area contributed by atoms with E-state index in [4.69, 9.17) is 15.2 Å². The van der Waals surface area contributed by atoms with Crippen LogP contribution in [0, 0.1) is 5.92 Å². The average Bonchev–Trinajstić information content (AvgIpc) is 2.86. The van der Waals surface area contributed by atoms with Crippen LogP contribution in [0.4, 0.5) is 4.79 Å². The van der Waals surface area contributed by atoms with Gasteiger partial charge in [-0.1, -0.05) is 32.4 Å². The number of carbonyl (C=O) groups is 3. The minimum Gasteiger partial charge on any atom is -0.494 e. The number of carbonyl (C=O) groups excluding carboxylic acids is 2. The summed E-state index contributed by atoms with van der Waals surface area (Å²) in [5, 5.41) is 17.7. The van der Waals surface area contributed by atoms with Gasteiger partial charge < -0.3 is 36.3 Å². The Morgan fingerprint density at radius 3 is 2.58 bits per heavy atom. The van der Waals surface area contributed by atoms with Gasteiger partial charge in [-0.25, -0.2) is 9.59 Å². The van der Waals surface area contributed by atoms with Crippen LogP contribution in [0.25, 0.3) is 0 Å². The number of hydrogen-bond donors (Lipinski definition) is 5. The van der Waals surface area contributed by atoms with Gasteiger partial charge in [0.1, 0.15) is 17.8 Å². The molecule has 2 heterocycles. The van der Waals surface area contributed by atoms with E-state index in [-0.39, 0.29) is 30.7 Å². The lowest BCUT2D eigenvalue weighted by Crippen LogP contribution is -2.56. The van der Waals surface area contributed by atoms with Crippen molar-refractivity contribution in [3.05, 3.63) is 29.8 Å². The van der Waals surface area contributed by atoms with Crippen LogP contribution in [0.15, 0.2) is 24.3 Å². The number of fused-ring (bicyclic) bond motifs is 13. The van der Waals surface area contributed by atoms with E-state index < -0.39 is 24.1 Å². The molecule has 6 N–H and O–H groups in total. The Morgan fingerprint density at radius 1 is 1.19 bits per heavy atom. The molecule has 4 atom stereocenters. The van der Waals surface area contributed by atoms with Crippen molar-refractivity contribution < 1.29 is 29.0 Å². The van der Waals surface area contributed by atoms with Crippen LogP contribution in [-0.4, -0.2) is 67.5 Å². The lowest BCUT2D eigenvalue weighted by molar-refractivity contribution is -0.139. The van der Waals surface area contributed by atoms with Gasteiger partial charge in [0.25, 0.3) is 0 Å². The SMILES string of the molecule is CC[C@H](C)[C@H]1COCCCCOc2ccc(cc2)C[C@@H](NC(=O)N[C@@H](CCCCN)C(=O)O)C(=O)N1. The Bertz CT molecular complexity index is 819. The smallest absolute Gasteiger partial charge is 0.326 e. The summed E-state index contributed by atoms with van der Waals surface area (Å²) in [5.74, 6) is -0.573. The van der Waals surface area contributed by atoms with Gasteiger partial charge >= 0.3 is 12.0 Å². The van der Waals surface area contributed by atoms with Crippen LogP contribution in [0.5, 0.6) is 5.75 Å². The average molecular weight is 507 g/mol. The number of carboxylic acid groups (broad SMARTS) is 1. The minimum absolute atomic E-state index is 0.170. The van der Waals surface area contributed by atoms with E-state index >= 15 is 0 Å². The van der Waals surface area contributed by atoms with Gasteiger partial charge in [0, 0.05) is 13.0 Å². The molecule has 202 valence electrons. The third-order valence-corrected chi connectivity index (χ3v) is 6.44. The maximum Gasteiger partial charge on any atom is 0.326 e. The molecule has 2 aliphatic rings. The van der Waals surface area contributed by atoms with Crippen molar-refractivity contribution in [1.29, 1.82) is 0 Å². The molecule has 0 radical (unpaired) electrons. The fraction of sp³-hybridized carbons (Fsp3) is 0.654. The van der Waals surface area contributed by atoms with Crippen molar-refractivity contribution in [3.63, 3.8) is 0 Å². The van der Waals surface area contributed by atoms with E-state index in [1.807, 2.05) is 31.2 Å². The summed E-state index contributed by atoms with van der Waals surface area (Å²) in [7, 11) is 0. The van der Waals surface area contributed by atoms with Crippen molar-refractivity contribution in [1.82, 2.24) is 16.0 Å². The highest BCUT2D eigenvalue weighted by molar-refractivity contribution is 5.89. The predicted molar refractivity (Wildman–Crippen MR) is 137 cm³/mol. The summed E-state index contributed by atoms with van der Waals surface area (Å²) < 4.78 is 11.6. The van der Waals surface area contributed by atoms with Crippen molar-refractivity contribution >= 4 is 17.9 Å². The lowest BCUT2D eigenvalue weighted by Gasteiger charge is -2.28. The normalized spacial score (nSPS) is 21.0. The fourth-order valence-electron chi connectivity index (χ4n) is 3.90. The first-order valence-corrected chi connectivity index (χ1v) is 12.9. The highest BCUT2D eigenvalue weighted by atomic mass is 16.5. The quantitative estimate of drug-likeness (QED) is 0.322. The summed E-state index contributed by atoms with van der Waals surface area (Å²) >= 11 is 0. The first-order chi connectivity index (χ1) is 17.3. The van der Waals surface area contributed by atoms with Crippen LogP contribution in [0.1, 0.15) is 57.9 Å². The molecule has 0 fully saturated rings. The molecule has 10 heteroatoms. The Labute approximate surface area is 213 Å². The molecule has 0 saturated heterocycles. The second-order valence-corrected chi connectivity index (χ2v) is 9.32. The van der Waals surface area contributed by atoms with Crippen LogP contribution in [-0.2, 0) is 20.7 Å². The minimum atomic E-state index is -1.13. The van der Waals surface area contributed by atoms with Crippen molar-refractivity contribution in [2.75, 3.05) is 26.4 Å². The number of carboxylic acids is 1. The van der Waals surface area contributed by atoms with E-state index in [0.29, 0.717) is 39.2 Å². The summed E-state index contributed by atoms with van der Waals surface area (Å²) in [6.45, 7) is 6.08. The second kappa shape index (κ2) is 16.0. The van der Waals surface area contributed by atoms with E-state index in [9.17, 15) is 19.5 Å². The summed E-state index contributed by atoms with van der Waals surface area (Å²) in [6.07, 6.45) is 4.29. The van der Waals surface area contributed by atoms with Gasteiger partial charge in [0.05, 0.1) is 19.3 Å². The van der Waals surface area contributed by atoms with Gasteiger partial charge in [0.2, 0.25) is 5.91 Å². The highest BCUT2D eigenvalue weighted by Crippen LogP contribution is 2.16. The molecular formula is C26H42N4O6. The highest BCUT2D eigenvalue weighted by Gasteiger charge is 2.28. The summed E-state index contributed by atoms with van der Waals surface area (Å²) in [6, 6.07) is 4.51. The number of nitrogens with two attached hydrogens (primary N) is 1. The Morgan fingerprint density at radius 2 is 1.92 bits per heavy atom. The van der Waals surface area contributed by atoms with Gasteiger partial charge in [0.15, 0.2) is 0 Å². The molecule has 0 unspecified atom stereocenters. The zero-order valence-electron chi connectivity index (χ0n) is 21.5. The van der Waals surface area contributed by atoms with Crippen LogP contribution in [0.3, 0.4) is 0 Å². The van der Waals surface area contributed by atoms with Gasteiger partial charge in [-0.2, -0.15) is 0 Å². The number of ether oxygens (including phenoxy) is 2. The molecule has 3 rings (SSSR count). The molecule has 0 aromatic heterocycles. The monoisotopic (exact) mass is 506 g/mol. The number of hydrogen-bond acceptors (Lipinski definition) is 6. The first-order valence-electron chi connectivity index (χ1n) is 12.9. The van der Waals surface area contributed by atoms with E-state index in [1.165, 1.54) is 0 Å². The zero-order valence-corrected chi connectivity index (χ0v) is 21.5. The number of urea groups is 1. The number of unbranched alkanes of at least 4 members (excludes halogenated alkanes) is 1. The van der Waals surface area contributed by atoms with E-state index in [0.717, 1.165) is 30.6 Å². The van der Waals surface area contributed by atoms with Gasteiger partial charge in [-0.15, -0.1) is 0 Å². The second-order valence-electron chi connectivity index (χ2n) is 9.32. The molecule has 0 spiro atoms. The molecule has 36 heavy (non-hydrogen) atoms. The maximum atomic E-state index is 13.3. The first kappa shape index (κ1) is 29.4. The summed E-state index contributed by atoms with van der Waals surface area (Å²) in [5.41, 5.74) is 6.32. The summed E-state index contributed by atoms with van der Waals surface area (Å²) in [4.78, 5) is 37.7.